The summed E-state index contributed by atoms with van der Waals surface area (Å²) < 4.78 is 0. The zero-order valence-corrected chi connectivity index (χ0v) is 13.2. The molecule has 1 spiro atoms. The first kappa shape index (κ1) is 13.1. The summed E-state index contributed by atoms with van der Waals surface area (Å²) in [5, 5.41) is 0. The lowest BCUT2D eigenvalue weighted by atomic mass is 9.37. The highest BCUT2D eigenvalue weighted by Gasteiger charge is 2.64. The first-order chi connectivity index (χ1) is 9.40. The molecule has 0 N–H and O–H groups in total. The minimum absolute atomic E-state index is 0.272. The SMILES string of the molecule is CC1(C)CCC[C@]2(C)[C@H]3CCC(=O)[C@H]4C=C[C@]43CC[C@@H]12. The Morgan fingerprint density at radius 3 is 2.55 bits per heavy atom. The molecule has 4 aliphatic rings. The van der Waals surface area contributed by atoms with Crippen molar-refractivity contribution in [2.45, 2.75) is 65.7 Å². The minimum Gasteiger partial charge on any atom is -0.299 e. The second kappa shape index (κ2) is 3.78. The first-order valence-electron chi connectivity index (χ1n) is 8.62. The fourth-order valence-corrected chi connectivity index (χ4v) is 6.95. The molecule has 0 unspecified atom stereocenters. The number of fused-ring (bicyclic) bond motifs is 2. The second-order valence-electron chi connectivity index (χ2n) is 8.95. The number of hydrogen-bond acceptors (Lipinski definition) is 1. The molecule has 1 heteroatoms. The summed E-state index contributed by atoms with van der Waals surface area (Å²) in [4.78, 5) is 12.2. The van der Waals surface area contributed by atoms with Crippen LogP contribution in [-0.2, 0) is 4.79 Å². The van der Waals surface area contributed by atoms with Gasteiger partial charge in [0.25, 0.3) is 0 Å². The van der Waals surface area contributed by atoms with Crippen LogP contribution in [0.2, 0.25) is 0 Å². The Kier molecular flexibility index (Phi) is 2.48. The van der Waals surface area contributed by atoms with Crippen LogP contribution in [0.5, 0.6) is 0 Å². The standard InChI is InChI=1S/C19H28O/c1-17(2)9-4-10-18(3)15(17)8-12-19-11-7-13(19)14(20)5-6-16(18)19/h7,11,13,15-16H,4-6,8-10,12H2,1-3H3/t13-,15+,16-,18+,19+/m1/s1. The Bertz CT molecular complexity index is 488. The Morgan fingerprint density at radius 2 is 1.85 bits per heavy atom. The Hall–Kier alpha value is -0.590. The van der Waals surface area contributed by atoms with Crippen LogP contribution in [0.25, 0.3) is 0 Å². The van der Waals surface area contributed by atoms with Crippen molar-refractivity contribution in [3.63, 3.8) is 0 Å². The summed E-state index contributed by atoms with van der Waals surface area (Å²) in [6.45, 7) is 7.56. The molecule has 0 amide bonds. The maximum absolute atomic E-state index is 12.2. The first-order valence-corrected chi connectivity index (χ1v) is 8.62. The van der Waals surface area contributed by atoms with Gasteiger partial charge in [-0.3, -0.25) is 4.79 Å². The highest BCUT2D eigenvalue weighted by atomic mass is 16.1. The van der Waals surface area contributed by atoms with Gasteiger partial charge < -0.3 is 0 Å². The molecule has 0 aromatic carbocycles. The van der Waals surface area contributed by atoms with Gasteiger partial charge in [-0.2, -0.15) is 0 Å². The van der Waals surface area contributed by atoms with Crippen LogP contribution in [0.4, 0.5) is 0 Å². The molecule has 0 heterocycles. The van der Waals surface area contributed by atoms with E-state index in [4.69, 9.17) is 0 Å². The van der Waals surface area contributed by atoms with Crippen LogP contribution in [0.1, 0.15) is 65.7 Å². The highest BCUT2D eigenvalue weighted by molar-refractivity contribution is 5.86. The van der Waals surface area contributed by atoms with E-state index in [1.807, 2.05) is 0 Å². The van der Waals surface area contributed by atoms with Crippen LogP contribution in [-0.4, -0.2) is 5.78 Å². The molecule has 4 rings (SSSR count). The van der Waals surface area contributed by atoms with Crippen LogP contribution in [0.3, 0.4) is 0 Å². The molecule has 0 radical (unpaired) electrons. The van der Waals surface area contributed by atoms with Crippen molar-refractivity contribution in [1.29, 1.82) is 0 Å². The molecule has 3 fully saturated rings. The maximum atomic E-state index is 12.2. The number of carbonyl (C=O) groups is 1. The van der Waals surface area contributed by atoms with Gasteiger partial charge in [0.2, 0.25) is 0 Å². The fraction of sp³-hybridized carbons (Fsp3) is 0.842. The maximum Gasteiger partial charge on any atom is 0.140 e. The van der Waals surface area contributed by atoms with E-state index in [-0.39, 0.29) is 11.3 Å². The van der Waals surface area contributed by atoms with E-state index in [0.717, 1.165) is 24.7 Å². The molecule has 0 aromatic heterocycles. The van der Waals surface area contributed by atoms with E-state index in [1.165, 1.54) is 32.1 Å². The van der Waals surface area contributed by atoms with E-state index in [1.54, 1.807) is 0 Å². The van der Waals surface area contributed by atoms with E-state index < -0.39 is 0 Å². The molecule has 3 saturated carbocycles. The van der Waals surface area contributed by atoms with Crippen molar-refractivity contribution in [3.05, 3.63) is 12.2 Å². The molecule has 0 aliphatic heterocycles. The summed E-state index contributed by atoms with van der Waals surface area (Å²) in [5.74, 6) is 2.44. The van der Waals surface area contributed by atoms with E-state index in [0.29, 0.717) is 16.6 Å². The average Bonchev–Trinajstić information content (AvgIpc) is 2.32. The molecular formula is C19H28O. The Labute approximate surface area is 123 Å². The molecule has 5 atom stereocenters. The number of ketones is 1. The Balaban J connectivity index is 1.76. The van der Waals surface area contributed by atoms with Crippen LogP contribution >= 0.6 is 0 Å². The summed E-state index contributed by atoms with van der Waals surface area (Å²) in [6, 6.07) is 0. The minimum atomic E-state index is 0.272. The molecule has 20 heavy (non-hydrogen) atoms. The van der Waals surface area contributed by atoms with E-state index >= 15 is 0 Å². The van der Waals surface area contributed by atoms with Crippen molar-refractivity contribution >= 4 is 5.78 Å². The van der Waals surface area contributed by atoms with Crippen molar-refractivity contribution in [2.24, 2.45) is 34.0 Å². The number of allylic oxidation sites excluding steroid dienone is 2. The van der Waals surface area contributed by atoms with Crippen molar-refractivity contribution in [1.82, 2.24) is 0 Å². The normalized spacial score (nSPS) is 52.5. The van der Waals surface area contributed by atoms with Crippen molar-refractivity contribution in [2.75, 3.05) is 0 Å². The summed E-state index contributed by atoms with van der Waals surface area (Å²) in [7, 11) is 0. The van der Waals surface area contributed by atoms with Crippen LogP contribution in [0, 0.1) is 34.0 Å². The zero-order chi connectivity index (χ0) is 14.2. The van der Waals surface area contributed by atoms with E-state index in [2.05, 4.69) is 32.9 Å². The summed E-state index contributed by atoms with van der Waals surface area (Å²) >= 11 is 0. The number of carbonyl (C=O) groups excluding carboxylic acids is 1. The lowest BCUT2D eigenvalue weighted by molar-refractivity contribution is -0.164. The third-order valence-corrected chi connectivity index (χ3v) is 7.79. The zero-order valence-electron chi connectivity index (χ0n) is 13.2. The van der Waals surface area contributed by atoms with Crippen LogP contribution in [0.15, 0.2) is 12.2 Å². The third kappa shape index (κ3) is 1.37. The topological polar surface area (TPSA) is 17.1 Å². The second-order valence-corrected chi connectivity index (χ2v) is 8.95. The molecule has 4 aliphatic carbocycles. The molecule has 110 valence electrons. The lowest BCUT2D eigenvalue weighted by Gasteiger charge is -2.67. The predicted molar refractivity (Wildman–Crippen MR) is 81.3 cm³/mol. The highest BCUT2D eigenvalue weighted by Crippen LogP contribution is 2.70. The van der Waals surface area contributed by atoms with Crippen molar-refractivity contribution in [3.8, 4) is 0 Å². The van der Waals surface area contributed by atoms with Gasteiger partial charge in [-0.05, 0) is 54.8 Å². The number of rotatable bonds is 0. The summed E-state index contributed by atoms with van der Waals surface area (Å²) in [5.41, 5.74) is 1.25. The quantitative estimate of drug-likeness (QED) is 0.581. The van der Waals surface area contributed by atoms with Gasteiger partial charge in [-0.1, -0.05) is 39.3 Å². The van der Waals surface area contributed by atoms with Gasteiger partial charge in [0.05, 0.1) is 0 Å². The van der Waals surface area contributed by atoms with Gasteiger partial charge in [0, 0.05) is 17.8 Å². The lowest BCUT2D eigenvalue weighted by Crippen LogP contribution is -2.61. The van der Waals surface area contributed by atoms with Gasteiger partial charge in [-0.15, -0.1) is 0 Å². The average molecular weight is 272 g/mol. The molecule has 0 aromatic rings. The molecular weight excluding hydrogens is 244 g/mol. The monoisotopic (exact) mass is 272 g/mol. The largest absolute Gasteiger partial charge is 0.299 e. The van der Waals surface area contributed by atoms with E-state index in [9.17, 15) is 4.79 Å². The molecule has 1 nitrogen and oxygen atoms in total. The van der Waals surface area contributed by atoms with Gasteiger partial charge in [-0.25, -0.2) is 0 Å². The van der Waals surface area contributed by atoms with Gasteiger partial charge in [0.15, 0.2) is 0 Å². The summed E-state index contributed by atoms with van der Waals surface area (Å²) in [6.07, 6.45) is 13.4. The fourth-order valence-electron chi connectivity index (χ4n) is 6.95. The molecule has 0 bridgehead atoms. The third-order valence-electron chi connectivity index (χ3n) is 7.79. The Morgan fingerprint density at radius 1 is 1.05 bits per heavy atom. The smallest absolute Gasteiger partial charge is 0.140 e. The van der Waals surface area contributed by atoms with Gasteiger partial charge in [0.1, 0.15) is 5.78 Å². The predicted octanol–water partition coefficient (Wildman–Crippen LogP) is 4.76. The van der Waals surface area contributed by atoms with Crippen LogP contribution < -0.4 is 0 Å². The van der Waals surface area contributed by atoms with Gasteiger partial charge >= 0.3 is 0 Å². The number of hydrogen-bond donors (Lipinski definition) is 0. The number of Topliss-reactive ketones (excluding diaryl/α,β-unsaturated/α-hetero) is 1. The van der Waals surface area contributed by atoms with Crippen molar-refractivity contribution < 1.29 is 4.79 Å². The molecule has 0 saturated heterocycles.